The van der Waals surface area contributed by atoms with Crippen LogP contribution < -0.4 is 0 Å². The van der Waals surface area contributed by atoms with Crippen molar-refractivity contribution in [3.8, 4) is 0 Å². The summed E-state index contributed by atoms with van der Waals surface area (Å²) in [4.78, 5) is 21.8. The number of carbonyl (C=O) groups excluding carboxylic acids is 1. The minimum Gasteiger partial charge on any atom is -0.341 e. The molecule has 0 radical (unpaired) electrons. The van der Waals surface area contributed by atoms with Crippen LogP contribution in [0.25, 0.3) is 0 Å². The van der Waals surface area contributed by atoms with Gasteiger partial charge in [0.25, 0.3) is 0 Å². The number of benzene rings is 1. The number of hydrogen-bond donors (Lipinski definition) is 0. The Labute approximate surface area is 168 Å². The molecule has 1 aliphatic heterocycles. The number of amides is 1. The van der Waals surface area contributed by atoms with Crippen LogP contribution in [0, 0.1) is 19.8 Å². The molecule has 1 amide bonds. The Morgan fingerprint density at radius 2 is 1.89 bits per heavy atom. The van der Waals surface area contributed by atoms with Crippen LogP contribution in [0.3, 0.4) is 0 Å². The highest BCUT2D eigenvalue weighted by Gasteiger charge is 2.24. The van der Waals surface area contributed by atoms with Crippen molar-refractivity contribution in [2.45, 2.75) is 46.6 Å². The van der Waals surface area contributed by atoms with Gasteiger partial charge in [-0.15, -0.1) is 0 Å². The zero-order valence-electron chi connectivity index (χ0n) is 17.5. The lowest BCUT2D eigenvalue weighted by atomic mass is 10.1. The highest BCUT2D eigenvalue weighted by Crippen LogP contribution is 2.12. The van der Waals surface area contributed by atoms with Crippen LogP contribution in [0.1, 0.15) is 37.0 Å². The summed E-state index contributed by atoms with van der Waals surface area (Å²) in [5.41, 5.74) is 1.40. The molecule has 152 valence electrons. The second kappa shape index (κ2) is 9.82. The molecule has 1 aromatic heterocycles. The second-order valence-electron chi connectivity index (χ2n) is 7.90. The molecule has 28 heavy (non-hydrogen) atoms. The third-order valence-electron chi connectivity index (χ3n) is 5.51. The molecule has 6 nitrogen and oxygen atoms in total. The van der Waals surface area contributed by atoms with E-state index in [-0.39, 0.29) is 11.8 Å². The van der Waals surface area contributed by atoms with Crippen LogP contribution in [0.5, 0.6) is 0 Å². The van der Waals surface area contributed by atoms with Gasteiger partial charge in [0.05, 0.1) is 12.5 Å². The highest BCUT2D eigenvalue weighted by molar-refractivity contribution is 5.78. The van der Waals surface area contributed by atoms with Gasteiger partial charge in [0.15, 0.2) is 0 Å². The van der Waals surface area contributed by atoms with Crippen molar-refractivity contribution in [1.82, 2.24) is 24.6 Å². The lowest BCUT2D eigenvalue weighted by Crippen LogP contribution is -2.39. The largest absolute Gasteiger partial charge is 0.341 e. The summed E-state index contributed by atoms with van der Waals surface area (Å²) in [6.07, 6.45) is 3.33. The maximum Gasteiger partial charge on any atom is 0.227 e. The maximum atomic E-state index is 12.9. The van der Waals surface area contributed by atoms with Gasteiger partial charge in [-0.2, -0.15) is 5.10 Å². The monoisotopic (exact) mass is 383 g/mol. The Morgan fingerprint density at radius 1 is 1.11 bits per heavy atom. The molecule has 1 fully saturated rings. The SMILES string of the molecule is Cc1nc(C)n(CC(C)C(=O)N2CCCN(CCCc3ccccc3)CC2)n1. The predicted molar refractivity (Wildman–Crippen MR) is 111 cm³/mol. The number of aromatic nitrogens is 3. The standard InChI is InChI=1S/C22H33N5O/c1-18(17-27-20(3)23-19(2)24-27)22(28)26-14-8-13-25(15-16-26)12-7-11-21-9-5-4-6-10-21/h4-6,9-10,18H,7-8,11-17H2,1-3H3. The zero-order valence-corrected chi connectivity index (χ0v) is 17.5. The van der Waals surface area contributed by atoms with Gasteiger partial charge in [0.2, 0.25) is 5.91 Å². The highest BCUT2D eigenvalue weighted by atomic mass is 16.2. The minimum absolute atomic E-state index is 0.0792. The molecule has 1 aromatic carbocycles. The number of hydrogen-bond acceptors (Lipinski definition) is 4. The van der Waals surface area contributed by atoms with Gasteiger partial charge >= 0.3 is 0 Å². The Hall–Kier alpha value is -2.21. The van der Waals surface area contributed by atoms with Crippen molar-refractivity contribution < 1.29 is 4.79 Å². The molecule has 2 heterocycles. The van der Waals surface area contributed by atoms with Gasteiger partial charge in [-0.05, 0) is 51.8 Å². The van der Waals surface area contributed by atoms with Crippen molar-refractivity contribution in [2.24, 2.45) is 5.92 Å². The van der Waals surface area contributed by atoms with E-state index in [1.54, 1.807) is 0 Å². The summed E-state index contributed by atoms with van der Waals surface area (Å²) in [5.74, 6) is 1.79. The molecule has 1 atom stereocenters. The van der Waals surface area contributed by atoms with E-state index in [0.29, 0.717) is 6.54 Å². The van der Waals surface area contributed by atoms with E-state index in [2.05, 4.69) is 45.3 Å². The average Bonchev–Trinajstić information content (AvgIpc) is 2.86. The van der Waals surface area contributed by atoms with E-state index in [0.717, 1.165) is 57.2 Å². The Kier molecular flexibility index (Phi) is 7.20. The maximum absolute atomic E-state index is 12.9. The molecular weight excluding hydrogens is 350 g/mol. The summed E-state index contributed by atoms with van der Waals surface area (Å²) >= 11 is 0. The predicted octanol–water partition coefficient (Wildman–Crippen LogP) is 2.70. The lowest BCUT2D eigenvalue weighted by Gasteiger charge is -2.25. The first kappa shape index (κ1) is 20.5. The normalized spacial score (nSPS) is 16.8. The molecule has 1 aliphatic rings. The van der Waals surface area contributed by atoms with Gasteiger partial charge in [0.1, 0.15) is 11.6 Å². The van der Waals surface area contributed by atoms with Crippen LogP contribution in [0.4, 0.5) is 0 Å². The number of nitrogens with zero attached hydrogens (tertiary/aromatic N) is 5. The summed E-state index contributed by atoms with van der Waals surface area (Å²) in [6, 6.07) is 10.7. The van der Waals surface area contributed by atoms with Crippen LogP contribution in [-0.2, 0) is 17.8 Å². The average molecular weight is 384 g/mol. The number of rotatable bonds is 7. The van der Waals surface area contributed by atoms with Gasteiger partial charge in [-0.25, -0.2) is 9.67 Å². The second-order valence-corrected chi connectivity index (χ2v) is 7.90. The molecule has 6 heteroatoms. The smallest absolute Gasteiger partial charge is 0.227 e. The zero-order chi connectivity index (χ0) is 19.9. The Morgan fingerprint density at radius 3 is 2.61 bits per heavy atom. The fourth-order valence-corrected chi connectivity index (χ4v) is 3.95. The number of aryl methyl sites for hydroxylation is 3. The fourth-order valence-electron chi connectivity index (χ4n) is 3.95. The van der Waals surface area contributed by atoms with Gasteiger partial charge < -0.3 is 9.80 Å². The molecular formula is C22H33N5O. The van der Waals surface area contributed by atoms with Gasteiger partial charge in [-0.3, -0.25) is 4.79 Å². The first-order valence-corrected chi connectivity index (χ1v) is 10.5. The van der Waals surface area contributed by atoms with Crippen LogP contribution in [0.15, 0.2) is 30.3 Å². The van der Waals surface area contributed by atoms with Crippen LogP contribution in [0.2, 0.25) is 0 Å². The van der Waals surface area contributed by atoms with Crippen molar-refractivity contribution in [2.75, 3.05) is 32.7 Å². The van der Waals surface area contributed by atoms with Crippen molar-refractivity contribution in [3.05, 3.63) is 47.5 Å². The molecule has 1 unspecified atom stereocenters. The van der Waals surface area contributed by atoms with Crippen molar-refractivity contribution >= 4 is 5.91 Å². The molecule has 0 saturated carbocycles. The van der Waals surface area contributed by atoms with Gasteiger partial charge in [-0.1, -0.05) is 37.3 Å². The molecule has 2 aromatic rings. The summed E-state index contributed by atoms with van der Waals surface area (Å²) in [6.45, 7) is 11.3. The van der Waals surface area contributed by atoms with E-state index in [9.17, 15) is 4.79 Å². The fraction of sp³-hybridized carbons (Fsp3) is 0.591. The summed E-state index contributed by atoms with van der Waals surface area (Å²) < 4.78 is 1.85. The molecule has 0 N–H and O–H groups in total. The Bertz CT molecular complexity index is 758. The summed E-state index contributed by atoms with van der Waals surface area (Å²) in [7, 11) is 0. The third kappa shape index (κ3) is 5.64. The topological polar surface area (TPSA) is 54.3 Å². The lowest BCUT2D eigenvalue weighted by molar-refractivity contribution is -0.135. The van der Waals surface area contributed by atoms with E-state index in [4.69, 9.17) is 0 Å². The third-order valence-corrected chi connectivity index (χ3v) is 5.51. The molecule has 0 spiro atoms. The summed E-state index contributed by atoms with van der Waals surface area (Å²) in [5, 5.41) is 4.39. The first-order valence-electron chi connectivity index (χ1n) is 10.5. The van der Waals surface area contributed by atoms with E-state index >= 15 is 0 Å². The first-order chi connectivity index (χ1) is 13.5. The van der Waals surface area contributed by atoms with Crippen molar-refractivity contribution in [1.29, 1.82) is 0 Å². The molecule has 0 aliphatic carbocycles. The van der Waals surface area contributed by atoms with Gasteiger partial charge in [0, 0.05) is 19.6 Å². The molecule has 3 rings (SSSR count). The number of carbonyl (C=O) groups is 1. The quantitative estimate of drug-likeness (QED) is 0.738. The van der Waals surface area contributed by atoms with Crippen LogP contribution in [-0.4, -0.2) is 63.2 Å². The van der Waals surface area contributed by atoms with E-state index < -0.39 is 0 Å². The van der Waals surface area contributed by atoms with E-state index in [1.807, 2.05) is 30.4 Å². The molecule has 1 saturated heterocycles. The van der Waals surface area contributed by atoms with E-state index in [1.165, 1.54) is 12.0 Å². The van der Waals surface area contributed by atoms with Crippen molar-refractivity contribution in [3.63, 3.8) is 0 Å². The van der Waals surface area contributed by atoms with Crippen LogP contribution >= 0.6 is 0 Å². The minimum atomic E-state index is -0.0792. The molecule has 0 bridgehead atoms. The Balaban J connectivity index is 1.44.